The fraction of sp³-hybridized carbons (Fsp3) is 0.286. The van der Waals surface area contributed by atoms with Crippen molar-refractivity contribution >= 4 is 44.8 Å². The molecule has 2 rings (SSSR count). The van der Waals surface area contributed by atoms with Crippen LogP contribution in [0.1, 0.15) is 19.0 Å². The number of carbonyl (C=O) groups is 1. The van der Waals surface area contributed by atoms with E-state index in [1.54, 1.807) is 18.3 Å². The van der Waals surface area contributed by atoms with Crippen molar-refractivity contribution in [2.75, 3.05) is 6.61 Å². The van der Waals surface area contributed by atoms with Crippen LogP contribution in [0.25, 0.3) is 10.6 Å². The highest BCUT2D eigenvalue weighted by atomic mass is 79.9. The van der Waals surface area contributed by atoms with Gasteiger partial charge in [-0.3, -0.25) is 4.79 Å². The zero-order valence-corrected chi connectivity index (χ0v) is 14.0. The number of nitrogens with zero attached hydrogens (tertiary/aromatic N) is 1. The van der Waals surface area contributed by atoms with Crippen LogP contribution >= 0.6 is 38.9 Å². The van der Waals surface area contributed by atoms with Crippen LogP contribution in [0, 0.1) is 0 Å². The Labute approximate surface area is 135 Å². The highest BCUT2D eigenvalue weighted by molar-refractivity contribution is 9.10. The van der Waals surface area contributed by atoms with Gasteiger partial charge < -0.3 is 4.74 Å². The van der Waals surface area contributed by atoms with Gasteiger partial charge in [0.25, 0.3) is 0 Å². The average Bonchev–Trinajstić information content (AvgIpc) is 2.89. The molecule has 20 heavy (non-hydrogen) atoms. The first kappa shape index (κ1) is 15.5. The second-order valence-electron chi connectivity index (χ2n) is 4.08. The molecule has 3 nitrogen and oxygen atoms in total. The largest absolute Gasteiger partial charge is 0.466 e. The first-order valence-electron chi connectivity index (χ1n) is 6.15. The van der Waals surface area contributed by atoms with Crippen LogP contribution in [0.3, 0.4) is 0 Å². The van der Waals surface area contributed by atoms with Gasteiger partial charge in [0.1, 0.15) is 5.01 Å². The summed E-state index contributed by atoms with van der Waals surface area (Å²) in [6, 6.07) is 5.74. The van der Waals surface area contributed by atoms with Crippen molar-refractivity contribution in [3.63, 3.8) is 0 Å². The van der Waals surface area contributed by atoms with Crippen molar-refractivity contribution in [3.8, 4) is 10.6 Å². The molecule has 0 aliphatic carbocycles. The summed E-state index contributed by atoms with van der Waals surface area (Å²) >= 11 is 11.0. The summed E-state index contributed by atoms with van der Waals surface area (Å²) < 4.78 is 5.76. The lowest BCUT2D eigenvalue weighted by Crippen LogP contribution is -2.05. The Morgan fingerprint density at radius 2 is 2.30 bits per heavy atom. The molecule has 2 aromatic rings. The maximum atomic E-state index is 11.3. The van der Waals surface area contributed by atoms with E-state index in [0.717, 1.165) is 20.7 Å². The minimum absolute atomic E-state index is 0.186. The molecule has 106 valence electrons. The Kier molecular flexibility index (Phi) is 5.57. The van der Waals surface area contributed by atoms with Gasteiger partial charge in [-0.2, -0.15) is 0 Å². The SMILES string of the molecule is CCOC(=O)CCc1csc(-c2ccc(Br)c(Cl)c2)n1. The summed E-state index contributed by atoms with van der Waals surface area (Å²) in [4.78, 5) is 15.8. The standard InChI is InChI=1S/C14H13BrClNO2S/c1-2-19-13(18)6-4-10-8-20-14(17-10)9-3-5-11(15)12(16)7-9/h3,5,7-8H,2,4,6H2,1H3. The molecule has 0 radical (unpaired) electrons. The van der Waals surface area contributed by atoms with Crippen molar-refractivity contribution in [2.45, 2.75) is 19.8 Å². The lowest BCUT2D eigenvalue weighted by molar-refractivity contribution is -0.143. The number of hydrogen-bond donors (Lipinski definition) is 0. The van der Waals surface area contributed by atoms with Gasteiger partial charge in [0.2, 0.25) is 0 Å². The third-order valence-electron chi connectivity index (χ3n) is 2.61. The van der Waals surface area contributed by atoms with Crippen LogP contribution in [0.5, 0.6) is 0 Å². The number of aryl methyl sites for hydroxylation is 1. The third kappa shape index (κ3) is 4.04. The normalized spacial score (nSPS) is 10.6. The second-order valence-corrected chi connectivity index (χ2v) is 6.20. The number of thiazole rings is 1. The molecule has 0 spiro atoms. The van der Waals surface area contributed by atoms with Crippen molar-refractivity contribution < 1.29 is 9.53 Å². The monoisotopic (exact) mass is 373 g/mol. The highest BCUT2D eigenvalue weighted by Gasteiger charge is 2.09. The van der Waals surface area contributed by atoms with Crippen molar-refractivity contribution in [1.29, 1.82) is 0 Å². The van der Waals surface area contributed by atoms with Crippen LogP contribution in [0.15, 0.2) is 28.1 Å². The Balaban J connectivity index is 2.05. The molecule has 1 heterocycles. The predicted molar refractivity (Wildman–Crippen MR) is 85.2 cm³/mol. The van der Waals surface area contributed by atoms with E-state index in [0.29, 0.717) is 24.5 Å². The topological polar surface area (TPSA) is 39.2 Å². The summed E-state index contributed by atoms with van der Waals surface area (Å²) in [6.45, 7) is 2.22. The molecule has 0 fully saturated rings. The van der Waals surface area contributed by atoms with Crippen LogP contribution in [-0.4, -0.2) is 17.6 Å². The number of halogens is 2. The molecule has 0 saturated carbocycles. The molecule has 1 aromatic heterocycles. The van der Waals surface area contributed by atoms with Crippen LogP contribution < -0.4 is 0 Å². The van der Waals surface area contributed by atoms with E-state index >= 15 is 0 Å². The van der Waals surface area contributed by atoms with Gasteiger partial charge in [0.05, 0.1) is 23.7 Å². The van der Waals surface area contributed by atoms with Crippen LogP contribution in [0.4, 0.5) is 0 Å². The fourth-order valence-electron chi connectivity index (χ4n) is 1.65. The van der Waals surface area contributed by atoms with E-state index < -0.39 is 0 Å². The molecular formula is C14H13BrClNO2S. The van der Waals surface area contributed by atoms with E-state index in [1.807, 2.05) is 23.6 Å². The first-order valence-corrected chi connectivity index (χ1v) is 8.20. The summed E-state index contributed by atoms with van der Waals surface area (Å²) in [5.41, 5.74) is 1.88. The van der Waals surface area contributed by atoms with Gasteiger partial charge >= 0.3 is 5.97 Å². The van der Waals surface area contributed by atoms with Gasteiger partial charge in [-0.1, -0.05) is 17.7 Å². The summed E-state index contributed by atoms with van der Waals surface area (Å²) in [6.07, 6.45) is 0.956. The molecule has 6 heteroatoms. The van der Waals surface area contributed by atoms with Gasteiger partial charge in [-0.15, -0.1) is 11.3 Å². The highest BCUT2D eigenvalue weighted by Crippen LogP contribution is 2.30. The Morgan fingerprint density at radius 3 is 3.00 bits per heavy atom. The molecule has 0 bridgehead atoms. The average molecular weight is 375 g/mol. The zero-order chi connectivity index (χ0) is 14.5. The van der Waals surface area contributed by atoms with E-state index in [9.17, 15) is 4.79 Å². The summed E-state index contributed by atoms with van der Waals surface area (Å²) in [7, 11) is 0. The van der Waals surface area contributed by atoms with E-state index in [2.05, 4.69) is 20.9 Å². The molecule has 0 amide bonds. The maximum Gasteiger partial charge on any atom is 0.306 e. The Hall–Kier alpha value is -0.910. The molecule has 0 unspecified atom stereocenters. The molecular weight excluding hydrogens is 362 g/mol. The van der Waals surface area contributed by atoms with Gasteiger partial charge in [-0.05, 0) is 35.0 Å². The Morgan fingerprint density at radius 1 is 1.50 bits per heavy atom. The lowest BCUT2D eigenvalue weighted by atomic mass is 10.2. The predicted octanol–water partition coefficient (Wildman–Crippen LogP) is 4.72. The summed E-state index contributed by atoms with van der Waals surface area (Å²) in [5, 5.41) is 3.52. The number of hydrogen-bond acceptors (Lipinski definition) is 4. The molecule has 0 aliphatic heterocycles. The molecule has 1 aromatic carbocycles. The lowest BCUT2D eigenvalue weighted by Gasteiger charge is -2.00. The number of aromatic nitrogens is 1. The van der Waals surface area contributed by atoms with Crippen molar-refractivity contribution in [3.05, 3.63) is 38.8 Å². The van der Waals surface area contributed by atoms with Gasteiger partial charge in [0, 0.05) is 21.8 Å². The smallest absolute Gasteiger partial charge is 0.306 e. The number of benzene rings is 1. The maximum absolute atomic E-state index is 11.3. The molecule has 0 aliphatic rings. The Bertz CT molecular complexity index is 615. The number of rotatable bonds is 5. The van der Waals surface area contributed by atoms with Crippen LogP contribution in [-0.2, 0) is 16.0 Å². The van der Waals surface area contributed by atoms with Crippen molar-refractivity contribution in [1.82, 2.24) is 4.98 Å². The third-order valence-corrected chi connectivity index (χ3v) is 4.78. The number of carbonyl (C=O) groups excluding carboxylic acids is 1. The molecule has 0 saturated heterocycles. The molecule has 0 N–H and O–H groups in total. The number of esters is 1. The molecule has 0 atom stereocenters. The van der Waals surface area contributed by atoms with Crippen LogP contribution in [0.2, 0.25) is 5.02 Å². The minimum Gasteiger partial charge on any atom is -0.466 e. The van der Waals surface area contributed by atoms with E-state index in [-0.39, 0.29) is 5.97 Å². The minimum atomic E-state index is -0.186. The summed E-state index contributed by atoms with van der Waals surface area (Å²) in [5.74, 6) is -0.186. The number of ether oxygens (including phenoxy) is 1. The zero-order valence-electron chi connectivity index (χ0n) is 10.9. The van der Waals surface area contributed by atoms with Gasteiger partial charge in [0.15, 0.2) is 0 Å². The quantitative estimate of drug-likeness (QED) is 0.711. The van der Waals surface area contributed by atoms with Gasteiger partial charge in [-0.25, -0.2) is 4.98 Å². The van der Waals surface area contributed by atoms with Crippen molar-refractivity contribution in [2.24, 2.45) is 0 Å². The first-order chi connectivity index (χ1) is 9.60. The fourth-order valence-corrected chi connectivity index (χ4v) is 2.93. The van der Waals surface area contributed by atoms with E-state index in [4.69, 9.17) is 16.3 Å². The second kappa shape index (κ2) is 7.20. The van der Waals surface area contributed by atoms with E-state index in [1.165, 1.54) is 0 Å².